The molecule has 0 saturated carbocycles. The lowest BCUT2D eigenvalue weighted by atomic mass is 10.3. The molecular formula is C49H50N8O5. The number of ether oxygens (including phenoxy) is 5. The molecule has 62 heavy (non-hydrogen) atoms. The lowest BCUT2D eigenvalue weighted by molar-refractivity contribution is 0.120. The lowest BCUT2D eigenvalue weighted by Crippen LogP contribution is -2.05. The fourth-order valence-corrected chi connectivity index (χ4v) is 5.04. The summed E-state index contributed by atoms with van der Waals surface area (Å²) in [5, 5.41) is 0. The number of benzene rings is 8. The molecule has 0 radical (unpaired) electrons. The standard InChI is InChI=1S/C13H14N2O2.3C12H12N2O/c14-10-1-5-12(6-2-10)16-9-17-13-7-3-11(15)4-8-13;13-9-1-5-11(6-2-9)15-12-7-3-10(14)4-8-12;13-9-3-1-5-11(7-9)15-12-6-2-4-10(14)8-12;13-9-4-6-11(7-5-9)15-12-3-1-2-10(14)8-12/h1-8H,9,14-15H2;3*1-8H,13-14H2. The number of nitrogen functional groups attached to an aromatic ring is 8. The Morgan fingerprint density at radius 3 is 0.710 bits per heavy atom. The molecule has 0 aliphatic carbocycles. The van der Waals surface area contributed by atoms with Gasteiger partial charge in [0, 0.05) is 63.7 Å². The predicted molar refractivity (Wildman–Crippen MR) is 253 cm³/mol. The van der Waals surface area contributed by atoms with Gasteiger partial charge in [0.05, 0.1) is 0 Å². The summed E-state index contributed by atoms with van der Waals surface area (Å²) in [6, 6.07) is 57.8. The van der Waals surface area contributed by atoms with E-state index in [4.69, 9.17) is 69.6 Å². The van der Waals surface area contributed by atoms with Gasteiger partial charge >= 0.3 is 0 Å². The number of anilines is 8. The minimum atomic E-state index is 0.147. The van der Waals surface area contributed by atoms with Crippen LogP contribution in [0.3, 0.4) is 0 Å². The summed E-state index contributed by atoms with van der Waals surface area (Å²) in [6.07, 6.45) is 0. The van der Waals surface area contributed by atoms with Gasteiger partial charge in [0.25, 0.3) is 0 Å². The Kier molecular flexibility index (Phi) is 16.4. The molecule has 0 amide bonds. The molecule has 13 heteroatoms. The molecule has 13 nitrogen and oxygen atoms in total. The van der Waals surface area contributed by atoms with Crippen LogP contribution in [-0.2, 0) is 0 Å². The van der Waals surface area contributed by atoms with E-state index in [1.165, 1.54) is 0 Å². The molecule has 0 bridgehead atoms. The van der Waals surface area contributed by atoms with Crippen molar-refractivity contribution in [2.45, 2.75) is 0 Å². The zero-order valence-electron chi connectivity index (χ0n) is 33.8. The Morgan fingerprint density at radius 2 is 0.452 bits per heavy atom. The van der Waals surface area contributed by atoms with E-state index in [-0.39, 0.29) is 6.79 Å². The fourth-order valence-electron chi connectivity index (χ4n) is 5.04. The van der Waals surface area contributed by atoms with Gasteiger partial charge in [-0.2, -0.15) is 0 Å². The molecule has 8 rings (SSSR count). The Labute approximate surface area is 361 Å². The van der Waals surface area contributed by atoms with E-state index in [9.17, 15) is 0 Å². The van der Waals surface area contributed by atoms with Crippen LogP contribution in [0, 0.1) is 0 Å². The van der Waals surface area contributed by atoms with Crippen molar-refractivity contribution in [1.82, 2.24) is 0 Å². The van der Waals surface area contributed by atoms with E-state index in [1.807, 2.05) is 91.0 Å². The van der Waals surface area contributed by atoms with Crippen LogP contribution in [0.5, 0.6) is 46.0 Å². The minimum absolute atomic E-state index is 0.147. The highest BCUT2D eigenvalue weighted by Gasteiger charge is 2.00. The fraction of sp³-hybridized carbons (Fsp3) is 0.0204. The molecule has 0 spiro atoms. The van der Waals surface area contributed by atoms with Gasteiger partial charge in [0.1, 0.15) is 46.0 Å². The first-order chi connectivity index (χ1) is 29.9. The first kappa shape index (κ1) is 44.3. The van der Waals surface area contributed by atoms with Crippen LogP contribution in [0.25, 0.3) is 0 Å². The van der Waals surface area contributed by atoms with Gasteiger partial charge in [0.15, 0.2) is 0 Å². The van der Waals surface area contributed by atoms with Gasteiger partial charge in [-0.25, -0.2) is 0 Å². The smallest absolute Gasteiger partial charge is 0.230 e. The molecule has 0 aliphatic heterocycles. The van der Waals surface area contributed by atoms with Crippen molar-refractivity contribution in [3.8, 4) is 46.0 Å². The second-order valence-electron chi connectivity index (χ2n) is 13.3. The van der Waals surface area contributed by atoms with E-state index in [2.05, 4.69) is 0 Å². The van der Waals surface area contributed by atoms with Crippen LogP contribution in [0.4, 0.5) is 45.5 Å². The second kappa shape index (κ2) is 22.9. The summed E-state index contributed by atoms with van der Waals surface area (Å²) in [5.74, 6) is 5.84. The number of hydrogen-bond donors (Lipinski definition) is 8. The topological polar surface area (TPSA) is 254 Å². The monoisotopic (exact) mass is 830 g/mol. The molecule has 0 aromatic heterocycles. The average Bonchev–Trinajstić information content (AvgIpc) is 3.26. The maximum atomic E-state index is 5.64. The average molecular weight is 831 g/mol. The quantitative estimate of drug-likeness (QED) is 0.0472. The van der Waals surface area contributed by atoms with Crippen LogP contribution in [0.2, 0.25) is 0 Å². The summed E-state index contributed by atoms with van der Waals surface area (Å²) in [4.78, 5) is 0. The van der Waals surface area contributed by atoms with Crippen molar-refractivity contribution in [1.29, 1.82) is 0 Å². The van der Waals surface area contributed by atoms with Crippen LogP contribution >= 0.6 is 0 Å². The molecule has 0 heterocycles. The van der Waals surface area contributed by atoms with Crippen molar-refractivity contribution >= 4 is 45.5 Å². The normalized spacial score (nSPS) is 9.87. The minimum Gasteiger partial charge on any atom is -0.458 e. The molecule has 0 unspecified atom stereocenters. The lowest BCUT2D eigenvalue weighted by Gasteiger charge is -2.08. The molecule has 16 N–H and O–H groups in total. The first-order valence-corrected chi connectivity index (χ1v) is 19.1. The molecule has 0 atom stereocenters. The summed E-state index contributed by atoms with van der Waals surface area (Å²) in [5.41, 5.74) is 50.3. The van der Waals surface area contributed by atoms with E-state index >= 15 is 0 Å². The van der Waals surface area contributed by atoms with Crippen LogP contribution in [-0.4, -0.2) is 6.79 Å². The zero-order valence-corrected chi connectivity index (χ0v) is 33.8. The maximum absolute atomic E-state index is 5.64. The third kappa shape index (κ3) is 16.2. The molecule has 316 valence electrons. The maximum Gasteiger partial charge on any atom is 0.230 e. The molecule has 0 fully saturated rings. The molecule has 8 aromatic carbocycles. The second-order valence-corrected chi connectivity index (χ2v) is 13.3. The van der Waals surface area contributed by atoms with E-state index < -0.39 is 0 Å². The molecular weight excluding hydrogens is 781 g/mol. The summed E-state index contributed by atoms with van der Waals surface area (Å²) < 4.78 is 27.5. The summed E-state index contributed by atoms with van der Waals surface area (Å²) in [7, 11) is 0. The molecule has 8 aromatic rings. The van der Waals surface area contributed by atoms with Gasteiger partial charge in [-0.05, 0) is 158 Å². The van der Waals surface area contributed by atoms with Crippen LogP contribution in [0.1, 0.15) is 0 Å². The number of hydrogen-bond acceptors (Lipinski definition) is 13. The third-order valence-corrected chi connectivity index (χ3v) is 8.13. The van der Waals surface area contributed by atoms with Crippen molar-refractivity contribution in [3.05, 3.63) is 194 Å². The van der Waals surface area contributed by atoms with Crippen molar-refractivity contribution in [2.24, 2.45) is 0 Å². The van der Waals surface area contributed by atoms with Crippen LogP contribution in [0.15, 0.2) is 194 Å². The predicted octanol–water partition coefficient (Wildman–Crippen LogP) is 10.2. The number of rotatable bonds is 10. The van der Waals surface area contributed by atoms with Crippen molar-refractivity contribution in [3.63, 3.8) is 0 Å². The van der Waals surface area contributed by atoms with Gasteiger partial charge in [0.2, 0.25) is 6.79 Å². The Balaban J connectivity index is 0.000000156. The van der Waals surface area contributed by atoms with Crippen molar-refractivity contribution < 1.29 is 23.7 Å². The zero-order chi connectivity index (χ0) is 44.1. The van der Waals surface area contributed by atoms with E-state index in [0.29, 0.717) is 39.9 Å². The Hall–Kier alpha value is -8.84. The third-order valence-electron chi connectivity index (χ3n) is 8.13. The van der Waals surface area contributed by atoms with Gasteiger partial charge in [-0.15, -0.1) is 0 Å². The molecule has 0 saturated heterocycles. The molecule has 0 aliphatic rings. The van der Waals surface area contributed by atoms with Gasteiger partial charge < -0.3 is 69.6 Å². The Bertz CT molecular complexity index is 2410. The summed E-state index contributed by atoms with van der Waals surface area (Å²) in [6.45, 7) is 0.147. The largest absolute Gasteiger partial charge is 0.458 e. The number of nitrogens with two attached hydrogens (primary N) is 8. The highest BCUT2D eigenvalue weighted by molar-refractivity contribution is 5.50. The van der Waals surface area contributed by atoms with Crippen molar-refractivity contribution in [2.75, 3.05) is 52.7 Å². The van der Waals surface area contributed by atoms with Crippen LogP contribution < -0.4 is 69.6 Å². The highest BCUT2D eigenvalue weighted by atomic mass is 16.7. The first-order valence-electron chi connectivity index (χ1n) is 19.1. The van der Waals surface area contributed by atoms with Gasteiger partial charge in [-0.3, -0.25) is 0 Å². The highest BCUT2D eigenvalue weighted by Crippen LogP contribution is 2.26. The summed E-state index contributed by atoms with van der Waals surface area (Å²) >= 11 is 0. The van der Waals surface area contributed by atoms with Gasteiger partial charge in [-0.1, -0.05) is 18.2 Å². The van der Waals surface area contributed by atoms with E-state index in [0.717, 1.165) is 51.6 Å². The van der Waals surface area contributed by atoms with E-state index in [1.54, 1.807) is 103 Å². The Morgan fingerprint density at radius 1 is 0.226 bits per heavy atom. The SMILES string of the molecule is Nc1ccc(OCOc2ccc(N)cc2)cc1.Nc1ccc(Oc2ccc(N)cc2)cc1.Nc1ccc(Oc2cccc(N)c2)cc1.Nc1cccc(Oc2cccc(N)c2)c1.